The lowest BCUT2D eigenvalue weighted by atomic mass is 9.85. The molecule has 1 aliphatic rings. The third-order valence-corrected chi connectivity index (χ3v) is 6.33. The lowest BCUT2D eigenvalue weighted by Gasteiger charge is -2.30. The predicted octanol–water partition coefficient (Wildman–Crippen LogP) is 0.498. The molecule has 0 aliphatic carbocycles. The van der Waals surface area contributed by atoms with Crippen LogP contribution in [0.3, 0.4) is 0 Å². The molecule has 25 heavy (non-hydrogen) atoms. The summed E-state index contributed by atoms with van der Waals surface area (Å²) in [7, 11) is 0. The quantitative estimate of drug-likeness (QED) is 0.587. The van der Waals surface area contributed by atoms with Gasteiger partial charge in [-0.3, -0.25) is 14.4 Å². The van der Waals surface area contributed by atoms with Gasteiger partial charge in [0.15, 0.2) is 0 Å². The minimum Gasteiger partial charge on any atom is -0.391 e. The summed E-state index contributed by atoms with van der Waals surface area (Å²) in [5.41, 5.74) is 4.10. The van der Waals surface area contributed by atoms with E-state index >= 15 is 0 Å². The van der Waals surface area contributed by atoms with E-state index in [1.807, 2.05) is 20.1 Å². The number of nitrogens with one attached hydrogen (secondary N) is 1. The molecule has 1 aliphatic heterocycles. The van der Waals surface area contributed by atoms with E-state index in [1.54, 1.807) is 11.8 Å². The summed E-state index contributed by atoms with van der Waals surface area (Å²) in [5, 5.41) is 13.1. The Kier molecular flexibility index (Phi) is 7.31. The average molecular weight is 374 g/mol. The number of nitrogens with two attached hydrogens (primary N) is 1. The first-order valence-electron chi connectivity index (χ1n) is 8.61. The molecular formula is C17H31N3O4S. The molecule has 1 fully saturated rings. The SMILES string of the molecule is CCC(C)(C(N)=O)C(=O)N[C@@H]1CCN(C(=O)C(C)(C)SC)C[C@H](O)C1. The minimum absolute atomic E-state index is 0.0263. The van der Waals surface area contributed by atoms with Crippen molar-refractivity contribution in [2.45, 2.75) is 63.9 Å². The summed E-state index contributed by atoms with van der Waals surface area (Å²) in [4.78, 5) is 38.3. The Bertz CT molecular complexity index is 526. The van der Waals surface area contributed by atoms with Crippen molar-refractivity contribution >= 4 is 29.5 Å². The van der Waals surface area contributed by atoms with Gasteiger partial charge in [0.25, 0.3) is 0 Å². The van der Waals surface area contributed by atoms with E-state index in [0.717, 1.165) is 0 Å². The fourth-order valence-corrected chi connectivity index (χ4v) is 3.06. The highest BCUT2D eigenvalue weighted by Gasteiger charge is 2.40. The highest BCUT2D eigenvalue weighted by atomic mass is 32.2. The Balaban J connectivity index is 2.80. The predicted molar refractivity (Wildman–Crippen MR) is 98.9 cm³/mol. The first-order chi connectivity index (χ1) is 11.5. The Morgan fingerprint density at radius 1 is 1.32 bits per heavy atom. The number of primary amides is 1. The van der Waals surface area contributed by atoms with E-state index in [-0.39, 0.29) is 18.5 Å². The van der Waals surface area contributed by atoms with E-state index in [2.05, 4.69) is 5.32 Å². The van der Waals surface area contributed by atoms with Gasteiger partial charge >= 0.3 is 0 Å². The molecule has 3 amide bonds. The number of aliphatic hydroxyl groups is 1. The van der Waals surface area contributed by atoms with Crippen LogP contribution in [0.25, 0.3) is 0 Å². The number of hydrogen-bond donors (Lipinski definition) is 3. The van der Waals surface area contributed by atoms with Crippen LogP contribution >= 0.6 is 11.8 Å². The topological polar surface area (TPSA) is 113 Å². The first-order valence-corrected chi connectivity index (χ1v) is 9.83. The Morgan fingerprint density at radius 3 is 2.40 bits per heavy atom. The number of carbonyl (C=O) groups excluding carboxylic acids is 3. The van der Waals surface area contributed by atoms with Crippen LogP contribution in [-0.4, -0.2) is 64.0 Å². The Labute approximate surface area is 154 Å². The number of carbonyl (C=O) groups is 3. The molecule has 3 atom stereocenters. The standard InChI is InChI=1S/C17H31N3O4S/c1-6-17(4,13(18)22)14(23)19-11-7-8-20(10-12(21)9-11)15(24)16(2,3)25-5/h11-12,21H,6-10H2,1-5H3,(H2,18,22)(H,19,23)/t11-,12-,17?/m1/s1. The first kappa shape index (κ1) is 21.8. The molecular weight excluding hydrogens is 342 g/mol. The van der Waals surface area contributed by atoms with Crippen molar-refractivity contribution in [2.75, 3.05) is 19.3 Å². The van der Waals surface area contributed by atoms with Gasteiger partial charge in [-0.1, -0.05) is 6.92 Å². The van der Waals surface area contributed by atoms with Gasteiger partial charge < -0.3 is 21.1 Å². The van der Waals surface area contributed by atoms with Crippen molar-refractivity contribution in [1.82, 2.24) is 10.2 Å². The van der Waals surface area contributed by atoms with Gasteiger partial charge in [-0.15, -0.1) is 11.8 Å². The molecule has 0 spiro atoms. The van der Waals surface area contributed by atoms with Crippen molar-refractivity contribution in [2.24, 2.45) is 11.1 Å². The van der Waals surface area contributed by atoms with Crippen LogP contribution in [0.1, 0.15) is 47.0 Å². The van der Waals surface area contributed by atoms with Gasteiger partial charge in [0, 0.05) is 19.1 Å². The molecule has 1 heterocycles. The molecule has 7 nitrogen and oxygen atoms in total. The number of likely N-dealkylation sites (tertiary alicyclic amines) is 1. The van der Waals surface area contributed by atoms with Gasteiger partial charge in [-0.25, -0.2) is 0 Å². The second kappa shape index (κ2) is 8.40. The van der Waals surface area contributed by atoms with Crippen LogP contribution in [0.5, 0.6) is 0 Å². The van der Waals surface area contributed by atoms with Gasteiger partial charge in [0.2, 0.25) is 17.7 Å². The molecule has 0 aromatic carbocycles. The zero-order valence-corrected chi connectivity index (χ0v) is 16.6. The third-order valence-electron chi connectivity index (χ3n) is 5.14. The van der Waals surface area contributed by atoms with Gasteiger partial charge in [0.05, 0.1) is 10.9 Å². The fraction of sp³-hybridized carbons (Fsp3) is 0.824. The molecule has 1 saturated heterocycles. The van der Waals surface area contributed by atoms with E-state index in [4.69, 9.17) is 5.73 Å². The maximum Gasteiger partial charge on any atom is 0.238 e. The molecule has 0 saturated carbocycles. The van der Waals surface area contributed by atoms with Gasteiger partial charge in [0.1, 0.15) is 5.41 Å². The maximum absolute atomic E-state index is 12.6. The van der Waals surface area contributed by atoms with Crippen molar-refractivity contribution in [3.63, 3.8) is 0 Å². The molecule has 8 heteroatoms. The molecule has 1 rings (SSSR count). The summed E-state index contributed by atoms with van der Waals surface area (Å²) in [6.07, 6.45) is 2.32. The number of β-amino-alcohol motifs (C(OH)–C–C–N with tert-alkyl or cyclic N) is 1. The minimum atomic E-state index is -1.27. The number of hydrogen-bond acceptors (Lipinski definition) is 5. The molecule has 0 radical (unpaired) electrons. The summed E-state index contributed by atoms with van der Waals surface area (Å²) >= 11 is 1.46. The van der Waals surface area contributed by atoms with Crippen molar-refractivity contribution < 1.29 is 19.5 Å². The van der Waals surface area contributed by atoms with Crippen molar-refractivity contribution in [3.05, 3.63) is 0 Å². The van der Waals surface area contributed by atoms with Crippen LogP contribution in [0.15, 0.2) is 0 Å². The van der Waals surface area contributed by atoms with Crippen LogP contribution in [0.4, 0.5) is 0 Å². The lowest BCUT2D eigenvalue weighted by Crippen LogP contribution is -2.51. The van der Waals surface area contributed by atoms with Crippen LogP contribution < -0.4 is 11.1 Å². The van der Waals surface area contributed by atoms with Crippen molar-refractivity contribution in [3.8, 4) is 0 Å². The number of aliphatic hydroxyl groups excluding tert-OH is 1. The van der Waals surface area contributed by atoms with E-state index in [0.29, 0.717) is 25.8 Å². The highest BCUT2D eigenvalue weighted by Crippen LogP contribution is 2.26. The van der Waals surface area contributed by atoms with E-state index in [9.17, 15) is 19.5 Å². The summed E-state index contributed by atoms with van der Waals surface area (Å²) in [6, 6.07) is -0.303. The molecule has 144 valence electrons. The Morgan fingerprint density at radius 2 is 1.92 bits per heavy atom. The van der Waals surface area contributed by atoms with E-state index in [1.165, 1.54) is 18.7 Å². The monoisotopic (exact) mass is 373 g/mol. The number of amides is 3. The highest BCUT2D eigenvalue weighted by molar-refractivity contribution is 8.00. The smallest absolute Gasteiger partial charge is 0.238 e. The van der Waals surface area contributed by atoms with Crippen LogP contribution in [0, 0.1) is 5.41 Å². The lowest BCUT2D eigenvalue weighted by molar-refractivity contribution is -0.141. The molecule has 0 aromatic heterocycles. The molecule has 1 unspecified atom stereocenters. The van der Waals surface area contributed by atoms with Crippen LogP contribution in [0.2, 0.25) is 0 Å². The maximum atomic E-state index is 12.6. The zero-order valence-electron chi connectivity index (χ0n) is 15.8. The van der Waals surface area contributed by atoms with Gasteiger partial charge in [-0.2, -0.15) is 0 Å². The Hall–Kier alpha value is -1.28. The number of nitrogens with zero attached hydrogens (tertiary/aromatic N) is 1. The molecule has 0 bridgehead atoms. The second-order valence-electron chi connectivity index (χ2n) is 7.36. The summed E-state index contributed by atoms with van der Waals surface area (Å²) in [5.74, 6) is -1.12. The number of thioether (sulfide) groups is 1. The van der Waals surface area contributed by atoms with E-state index < -0.39 is 28.1 Å². The third kappa shape index (κ3) is 5.10. The fourth-order valence-electron chi connectivity index (χ4n) is 2.75. The second-order valence-corrected chi connectivity index (χ2v) is 8.79. The van der Waals surface area contributed by atoms with Crippen LogP contribution in [-0.2, 0) is 14.4 Å². The number of rotatable bonds is 6. The summed E-state index contributed by atoms with van der Waals surface area (Å²) < 4.78 is -0.560. The van der Waals surface area contributed by atoms with Gasteiger partial charge in [-0.05, 0) is 46.3 Å². The molecule has 4 N–H and O–H groups in total. The molecule has 0 aromatic rings. The normalized spacial score (nSPS) is 24.2. The average Bonchev–Trinajstić information content (AvgIpc) is 2.73. The van der Waals surface area contributed by atoms with Crippen molar-refractivity contribution in [1.29, 1.82) is 0 Å². The largest absolute Gasteiger partial charge is 0.391 e. The zero-order chi connectivity index (χ0) is 19.4. The summed E-state index contributed by atoms with van der Waals surface area (Å²) in [6.45, 7) is 7.66.